The van der Waals surface area contributed by atoms with E-state index >= 15 is 0 Å². The number of carbonyl (C=O) groups excluding carboxylic acids is 1. The number of fused-ring (bicyclic) bond motifs is 1. The number of anilines is 2. The minimum absolute atomic E-state index is 0.0831. The molecule has 2 heterocycles. The van der Waals surface area contributed by atoms with Gasteiger partial charge in [0.05, 0.1) is 6.54 Å². The summed E-state index contributed by atoms with van der Waals surface area (Å²) >= 11 is 2.03. The van der Waals surface area contributed by atoms with Crippen LogP contribution >= 0.6 is 11.8 Å². The molecule has 2 aliphatic rings. The average molecular weight is 438 g/mol. The molecular formula is C21H35N5O3S. The first-order valence-corrected chi connectivity index (χ1v) is 12.3. The summed E-state index contributed by atoms with van der Waals surface area (Å²) in [4.78, 5) is 44.5. The Kier molecular flexibility index (Phi) is 8.05. The lowest BCUT2D eigenvalue weighted by Crippen LogP contribution is -2.53. The van der Waals surface area contributed by atoms with Crippen molar-refractivity contribution in [1.29, 1.82) is 0 Å². The van der Waals surface area contributed by atoms with Gasteiger partial charge in [-0.3, -0.25) is 24.0 Å². The molecule has 1 saturated heterocycles. The van der Waals surface area contributed by atoms with Crippen molar-refractivity contribution >= 4 is 29.2 Å². The molecule has 8 nitrogen and oxygen atoms in total. The van der Waals surface area contributed by atoms with Gasteiger partial charge >= 0.3 is 5.69 Å². The standard InChI is InChI=1S/C21H35N5O3S/c1-3-5-11-25(18-19(22)26(10-4-2)21(29)23-20(18)28)17(27)14-24-12-13-30-16-9-7-6-8-15(16)24/h15-16H,3-14,22H2,1-2H3,(H,23,28,29)/t15-,16-/m1/s1. The molecule has 0 unspecified atom stereocenters. The molecule has 2 atom stereocenters. The highest BCUT2D eigenvalue weighted by molar-refractivity contribution is 8.00. The predicted molar refractivity (Wildman–Crippen MR) is 123 cm³/mol. The molecule has 9 heteroatoms. The SMILES string of the molecule is CCCCN(C(=O)CN1CCS[C@@H]2CCCC[C@H]21)c1c(N)n(CCC)c(=O)[nH]c1=O. The molecule has 1 saturated carbocycles. The Morgan fingerprint density at radius 2 is 2.00 bits per heavy atom. The second-order valence-electron chi connectivity index (χ2n) is 8.28. The molecule has 1 aromatic heterocycles. The van der Waals surface area contributed by atoms with E-state index < -0.39 is 11.2 Å². The number of nitrogens with one attached hydrogen (secondary N) is 1. The Hall–Kier alpha value is -1.74. The quantitative estimate of drug-likeness (QED) is 0.645. The molecule has 3 N–H and O–H groups in total. The Bertz CT molecular complexity index is 850. The van der Waals surface area contributed by atoms with E-state index in [0.717, 1.165) is 31.6 Å². The van der Waals surface area contributed by atoms with E-state index in [0.29, 0.717) is 30.8 Å². The van der Waals surface area contributed by atoms with Crippen LogP contribution in [-0.2, 0) is 11.3 Å². The minimum atomic E-state index is -0.584. The van der Waals surface area contributed by atoms with Crippen molar-refractivity contribution in [2.45, 2.75) is 76.6 Å². The number of nitrogens with two attached hydrogens (primary N) is 1. The highest BCUT2D eigenvalue weighted by atomic mass is 32.2. The zero-order chi connectivity index (χ0) is 21.7. The van der Waals surface area contributed by atoms with Crippen LogP contribution in [-0.4, -0.2) is 57.0 Å². The van der Waals surface area contributed by atoms with Gasteiger partial charge in [-0.25, -0.2) is 4.79 Å². The molecule has 168 valence electrons. The lowest BCUT2D eigenvalue weighted by molar-refractivity contribution is -0.120. The molecule has 1 aromatic rings. The zero-order valence-corrected chi connectivity index (χ0v) is 19.0. The number of nitrogens with zero attached hydrogens (tertiary/aromatic N) is 3. The Labute approximate surface area is 182 Å². The summed E-state index contributed by atoms with van der Waals surface area (Å²) in [7, 11) is 0. The molecule has 2 fully saturated rings. The number of H-pyrrole nitrogens is 1. The first kappa shape index (κ1) is 22.9. The third-order valence-electron chi connectivity index (χ3n) is 6.15. The monoisotopic (exact) mass is 437 g/mol. The molecule has 1 aliphatic heterocycles. The fourth-order valence-corrected chi connectivity index (χ4v) is 6.10. The molecule has 0 aromatic carbocycles. The van der Waals surface area contributed by atoms with Crippen molar-refractivity contribution in [3.8, 4) is 0 Å². The summed E-state index contributed by atoms with van der Waals surface area (Å²) in [6.45, 7) is 5.98. The van der Waals surface area contributed by atoms with Crippen LogP contribution in [0.5, 0.6) is 0 Å². The van der Waals surface area contributed by atoms with Crippen molar-refractivity contribution in [3.63, 3.8) is 0 Å². The normalized spacial score (nSPS) is 21.9. The predicted octanol–water partition coefficient (Wildman–Crippen LogP) is 2.02. The first-order valence-electron chi connectivity index (χ1n) is 11.3. The number of nitrogen functional groups attached to an aromatic ring is 1. The maximum atomic E-state index is 13.4. The Morgan fingerprint density at radius 1 is 1.23 bits per heavy atom. The summed E-state index contributed by atoms with van der Waals surface area (Å²) in [6.07, 6.45) is 7.18. The molecule has 1 aliphatic carbocycles. The van der Waals surface area contributed by atoms with Gasteiger partial charge in [-0.1, -0.05) is 33.1 Å². The molecule has 30 heavy (non-hydrogen) atoms. The maximum Gasteiger partial charge on any atom is 0.330 e. The number of hydrogen-bond acceptors (Lipinski definition) is 6. The van der Waals surface area contributed by atoms with Crippen molar-refractivity contribution in [2.75, 3.05) is 36.0 Å². The van der Waals surface area contributed by atoms with Gasteiger partial charge in [0.2, 0.25) is 5.91 Å². The Morgan fingerprint density at radius 3 is 2.73 bits per heavy atom. The molecule has 0 bridgehead atoms. The minimum Gasteiger partial charge on any atom is -0.383 e. The van der Waals surface area contributed by atoms with Gasteiger partial charge < -0.3 is 10.6 Å². The fourth-order valence-electron chi connectivity index (χ4n) is 4.59. The van der Waals surface area contributed by atoms with Gasteiger partial charge in [0.1, 0.15) is 5.82 Å². The Balaban J connectivity index is 1.89. The topological polar surface area (TPSA) is 104 Å². The number of thioether (sulfide) groups is 1. The van der Waals surface area contributed by atoms with E-state index in [-0.39, 0.29) is 24.0 Å². The van der Waals surface area contributed by atoms with Gasteiger partial charge in [-0.15, -0.1) is 0 Å². The van der Waals surface area contributed by atoms with Crippen LogP contribution in [0.15, 0.2) is 9.59 Å². The summed E-state index contributed by atoms with van der Waals surface area (Å²) < 4.78 is 1.36. The van der Waals surface area contributed by atoms with Crippen LogP contribution in [0.25, 0.3) is 0 Å². The van der Waals surface area contributed by atoms with Crippen molar-refractivity contribution in [1.82, 2.24) is 14.5 Å². The average Bonchev–Trinajstić information content (AvgIpc) is 2.73. The van der Waals surface area contributed by atoms with Gasteiger partial charge in [0.25, 0.3) is 5.56 Å². The van der Waals surface area contributed by atoms with E-state index in [2.05, 4.69) is 9.88 Å². The molecule has 1 amide bonds. The lowest BCUT2D eigenvalue weighted by atomic mass is 9.93. The fraction of sp³-hybridized carbons (Fsp3) is 0.762. The summed E-state index contributed by atoms with van der Waals surface area (Å²) in [6, 6.07) is 0.430. The van der Waals surface area contributed by atoms with Gasteiger partial charge in [0.15, 0.2) is 5.69 Å². The van der Waals surface area contributed by atoms with E-state index in [9.17, 15) is 14.4 Å². The van der Waals surface area contributed by atoms with E-state index in [1.54, 1.807) is 0 Å². The smallest absolute Gasteiger partial charge is 0.330 e. The van der Waals surface area contributed by atoms with E-state index in [1.807, 2.05) is 25.6 Å². The number of amides is 1. The summed E-state index contributed by atoms with van der Waals surface area (Å²) in [5.41, 5.74) is 5.26. The van der Waals surface area contributed by atoms with Crippen LogP contribution in [0.1, 0.15) is 58.8 Å². The number of aromatic nitrogens is 2. The number of aromatic amines is 1. The van der Waals surface area contributed by atoms with E-state index in [1.165, 1.54) is 28.7 Å². The van der Waals surface area contributed by atoms with E-state index in [4.69, 9.17) is 5.73 Å². The van der Waals surface area contributed by atoms with Crippen LogP contribution in [0.4, 0.5) is 11.5 Å². The number of carbonyl (C=O) groups is 1. The highest BCUT2D eigenvalue weighted by Crippen LogP contribution is 2.35. The van der Waals surface area contributed by atoms with Gasteiger partial charge in [-0.05, 0) is 25.7 Å². The molecule has 0 radical (unpaired) electrons. The maximum absolute atomic E-state index is 13.4. The second-order valence-corrected chi connectivity index (χ2v) is 9.62. The van der Waals surface area contributed by atoms with Crippen LogP contribution < -0.4 is 21.9 Å². The third-order valence-corrected chi connectivity index (χ3v) is 7.55. The summed E-state index contributed by atoms with van der Waals surface area (Å²) in [5, 5.41) is 0.601. The van der Waals surface area contributed by atoms with Crippen molar-refractivity contribution in [2.24, 2.45) is 0 Å². The number of rotatable bonds is 8. The largest absolute Gasteiger partial charge is 0.383 e. The number of hydrogen-bond donors (Lipinski definition) is 2. The second kappa shape index (κ2) is 10.5. The molecule has 0 spiro atoms. The molecular weight excluding hydrogens is 402 g/mol. The van der Waals surface area contributed by atoms with Crippen molar-refractivity contribution in [3.05, 3.63) is 20.8 Å². The first-order chi connectivity index (χ1) is 14.5. The highest BCUT2D eigenvalue weighted by Gasteiger charge is 2.36. The van der Waals surface area contributed by atoms with Crippen LogP contribution in [0.2, 0.25) is 0 Å². The van der Waals surface area contributed by atoms with Crippen LogP contribution in [0, 0.1) is 0 Å². The zero-order valence-electron chi connectivity index (χ0n) is 18.2. The van der Waals surface area contributed by atoms with Crippen molar-refractivity contribution < 1.29 is 4.79 Å². The number of unbranched alkanes of at least 4 members (excludes halogenated alkanes) is 1. The summed E-state index contributed by atoms with van der Waals surface area (Å²) in [5.74, 6) is 1.01. The third kappa shape index (κ3) is 4.94. The van der Waals surface area contributed by atoms with Crippen LogP contribution in [0.3, 0.4) is 0 Å². The van der Waals surface area contributed by atoms with Gasteiger partial charge in [0, 0.05) is 36.7 Å². The molecule has 3 rings (SSSR count). The lowest BCUT2D eigenvalue weighted by Gasteiger charge is -2.43. The van der Waals surface area contributed by atoms with Gasteiger partial charge in [-0.2, -0.15) is 11.8 Å².